The Morgan fingerprint density at radius 1 is 1.13 bits per heavy atom. The lowest BCUT2D eigenvalue weighted by molar-refractivity contribution is -0.186. The van der Waals surface area contributed by atoms with Crippen molar-refractivity contribution in [3.05, 3.63) is 12.3 Å². The summed E-state index contributed by atoms with van der Waals surface area (Å²) >= 11 is 0. The van der Waals surface area contributed by atoms with Crippen molar-refractivity contribution in [3.8, 4) is 0 Å². The zero-order valence-electron chi connectivity index (χ0n) is 18.3. The van der Waals surface area contributed by atoms with E-state index in [0.717, 1.165) is 31.0 Å². The molecule has 2 heterocycles. The molecule has 2 rings (SSSR count). The Morgan fingerprint density at radius 3 is 2.47 bits per heavy atom. The number of nitrogens with one attached hydrogen (secondary N) is 2. The van der Waals surface area contributed by atoms with Gasteiger partial charge in [-0.2, -0.15) is 0 Å². The second kappa shape index (κ2) is 10.6. The molecule has 0 spiro atoms. The second-order valence-corrected chi connectivity index (χ2v) is 9.05. The van der Waals surface area contributed by atoms with E-state index in [4.69, 9.17) is 4.84 Å². The van der Waals surface area contributed by atoms with Gasteiger partial charge >= 0.3 is 5.97 Å². The number of nitrogens with zero attached hydrogens (tertiary/aromatic N) is 2. The van der Waals surface area contributed by atoms with Gasteiger partial charge in [-0.1, -0.05) is 27.4 Å². The molecule has 0 saturated carbocycles. The average molecular weight is 431 g/mol. The minimum absolute atomic E-state index is 0.0383. The van der Waals surface area contributed by atoms with Crippen molar-refractivity contribution in [1.82, 2.24) is 20.6 Å². The normalized spacial score (nSPS) is 19.8. The number of hydroxylamine groups is 2. The molecular weight excluding hydrogens is 397 g/mol. The fourth-order valence-corrected chi connectivity index (χ4v) is 3.62. The van der Waals surface area contributed by atoms with Crippen LogP contribution in [0.1, 0.15) is 59.3 Å². The summed E-state index contributed by atoms with van der Waals surface area (Å²) in [6.45, 7) is 12.2. The summed E-state index contributed by atoms with van der Waals surface area (Å²) in [5.74, 6) is -1.21. The highest BCUT2D eigenvalue weighted by atomic mass is 16.7. The molecule has 1 atom stereocenters. The molecule has 0 aromatic rings. The van der Waals surface area contributed by atoms with E-state index in [-0.39, 0.29) is 61.5 Å². The molecule has 9 nitrogen and oxygen atoms in total. The minimum atomic E-state index is -0.611. The van der Waals surface area contributed by atoms with Crippen LogP contribution in [-0.4, -0.2) is 65.9 Å². The first-order valence-electron chi connectivity index (χ1n) is 10.6. The molecule has 3 amide bonds. The van der Waals surface area contributed by atoms with Gasteiger partial charge < -0.3 is 15.5 Å². The van der Waals surface area contributed by atoms with Crippen LogP contribution in [0.5, 0.6) is 0 Å². The van der Waals surface area contributed by atoms with Crippen molar-refractivity contribution in [2.75, 3.05) is 26.2 Å². The summed E-state index contributed by atoms with van der Waals surface area (Å²) in [6, 6.07) is -0.134. The van der Waals surface area contributed by atoms with Crippen molar-refractivity contribution < 1.29 is 24.0 Å². The molecular formula is C21H34N4O5. The Hall–Kier alpha value is -2.42. The standard InChI is InChI=1S/C21H34N4O5/c1-15-7-8-18(27)25(15)30-19(28)10-12-22-17(26)9-11-23-20(29)16-6-5-13-24(16)14-21(2,3)4/h16H,1,5-14H2,2-4H3,(H,22,26)(H,23,29)/i2+1,3+1,5+1,6+1,13+1,14+1,16+1,17+1,24+1. The second-order valence-electron chi connectivity index (χ2n) is 9.05. The van der Waals surface area contributed by atoms with Crippen LogP contribution in [0, 0.1) is 5.41 Å². The molecule has 2 saturated heterocycles. The Kier molecular flexibility index (Phi) is 8.40. The van der Waals surface area contributed by atoms with E-state index in [1.165, 1.54) is 0 Å². The molecule has 0 aromatic carbocycles. The molecule has 168 valence electrons. The van der Waals surface area contributed by atoms with Gasteiger partial charge in [-0.25, -0.2) is 4.79 Å². The van der Waals surface area contributed by atoms with E-state index in [1.54, 1.807) is 0 Å². The number of hydrogen-bond acceptors (Lipinski definition) is 6. The molecule has 2 aliphatic heterocycles. The van der Waals surface area contributed by atoms with Crippen LogP contribution in [0.25, 0.3) is 0 Å². The van der Waals surface area contributed by atoms with Crippen LogP contribution < -0.4 is 10.6 Å². The summed E-state index contributed by atoms with van der Waals surface area (Å²) in [5.41, 5.74) is 0.579. The van der Waals surface area contributed by atoms with E-state index >= 15 is 0 Å². The van der Waals surface area contributed by atoms with Crippen LogP contribution in [0.2, 0.25) is 0 Å². The smallest absolute Gasteiger partial charge is 0.334 e. The lowest BCUT2D eigenvalue weighted by atomic mass is 10.3. The first-order valence-corrected chi connectivity index (χ1v) is 10.6. The van der Waals surface area contributed by atoms with Gasteiger partial charge in [0.15, 0.2) is 0 Å². The summed E-state index contributed by atoms with van der Waals surface area (Å²) in [7, 11) is 0. The Balaban J connectivity index is 1.60. The molecule has 2 aliphatic rings. The largest absolute Gasteiger partial charge is 0.355 e. The zero-order valence-corrected chi connectivity index (χ0v) is 18.3. The third kappa shape index (κ3) is 7.44. The molecule has 0 radical (unpaired) electrons. The van der Waals surface area contributed by atoms with Gasteiger partial charge in [0.2, 0.25) is 11.8 Å². The number of allylic oxidation sites excluding steroid dienone is 1. The third-order valence-electron chi connectivity index (χ3n) is 4.98. The number of hydrogen-bond donors (Lipinski definition) is 2. The van der Waals surface area contributed by atoms with E-state index in [0.29, 0.717) is 12.1 Å². The van der Waals surface area contributed by atoms with Crippen LogP contribution >= 0.6 is 0 Å². The van der Waals surface area contributed by atoms with Gasteiger partial charge in [-0.15, -0.1) is 5.06 Å². The molecule has 2 fully saturated rings. The zero-order chi connectivity index (χ0) is 22.3. The first-order chi connectivity index (χ1) is 14.1. The van der Waals surface area contributed by atoms with E-state index < -0.39 is 5.97 Å². The molecule has 0 aliphatic carbocycles. The Labute approximate surface area is 178 Å². The predicted octanol–water partition coefficient (Wildman–Crippen LogP) is 1.10. The first kappa shape index (κ1) is 23.9. The fraction of sp³-hybridized carbons (Fsp3) is 0.714. The highest BCUT2D eigenvalue weighted by Gasteiger charge is 2.32. The maximum Gasteiger partial charge on any atom is 0.334 e. The number of likely N-dealkylation sites (tertiary alicyclic amines) is 1. The van der Waals surface area contributed by atoms with Crippen molar-refractivity contribution in [1.29, 1.82) is 0 Å². The fourth-order valence-electron chi connectivity index (χ4n) is 3.62. The van der Waals surface area contributed by atoms with E-state index in [1.807, 2.05) is 0 Å². The van der Waals surface area contributed by atoms with E-state index in [2.05, 4.69) is 42.9 Å². The minimum Gasteiger partial charge on any atom is -0.355 e. The highest BCUT2D eigenvalue weighted by molar-refractivity contribution is 5.83. The SMILES string of the molecule is C=C1CCC(=O)N1OC(=O)CCN[13C](=O)CCNC(=O)[13CH]1[13CH2][13CH2][13CH2][15N]1[13CH2]C(C)([13CH3])[13CH3]. The molecule has 30 heavy (non-hydrogen) atoms. The molecule has 1 unspecified atom stereocenters. The predicted molar refractivity (Wildman–Crippen MR) is 111 cm³/mol. The maximum atomic E-state index is 12.5. The van der Waals surface area contributed by atoms with Crippen LogP contribution in [-0.2, 0) is 24.0 Å². The number of carbonyl (C=O) groups is 4. The van der Waals surface area contributed by atoms with Crippen LogP contribution in [0.15, 0.2) is 12.3 Å². The lowest BCUT2D eigenvalue weighted by Crippen LogP contribution is -2.46. The van der Waals surface area contributed by atoms with Gasteiger partial charge in [-0.3, -0.25) is 19.3 Å². The van der Waals surface area contributed by atoms with E-state index in [9.17, 15) is 19.2 Å². The summed E-state index contributed by atoms with van der Waals surface area (Å²) in [5, 5.41) is 6.38. The van der Waals surface area contributed by atoms with Crippen molar-refractivity contribution >= 4 is 23.7 Å². The topological polar surface area (TPSA) is 108 Å². The lowest BCUT2D eigenvalue weighted by Gasteiger charge is -2.30. The highest BCUT2D eigenvalue weighted by Crippen LogP contribution is 2.24. The Morgan fingerprint density at radius 2 is 1.83 bits per heavy atom. The van der Waals surface area contributed by atoms with Gasteiger partial charge in [0.25, 0.3) is 5.91 Å². The monoisotopic (exact) mass is 431 g/mol. The van der Waals surface area contributed by atoms with Crippen LogP contribution in [0.4, 0.5) is 0 Å². The molecule has 9 heteroatoms. The van der Waals surface area contributed by atoms with Gasteiger partial charge in [0, 0.05) is 32.5 Å². The van der Waals surface area contributed by atoms with Crippen molar-refractivity contribution in [3.63, 3.8) is 0 Å². The molecule has 0 bridgehead atoms. The van der Waals surface area contributed by atoms with Gasteiger partial charge in [0.1, 0.15) is 0 Å². The summed E-state index contributed by atoms with van der Waals surface area (Å²) < 4.78 is 0. The van der Waals surface area contributed by atoms with Gasteiger partial charge in [-0.05, 0) is 31.2 Å². The quantitative estimate of drug-likeness (QED) is 0.418. The van der Waals surface area contributed by atoms with Crippen LogP contribution in [0.3, 0.4) is 0 Å². The number of amides is 3. The Bertz CT molecular complexity index is 669. The van der Waals surface area contributed by atoms with Crippen molar-refractivity contribution in [2.45, 2.75) is 65.3 Å². The average Bonchev–Trinajstić information content (AvgIpc) is 3.21. The molecule has 0 aromatic heterocycles. The van der Waals surface area contributed by atoms with Crippen molar-refractivity contribution in [2.24, 2.45) is 5.41 Å². The number of rotatable bonds is 9. The summed E-state index contributed by atoms with van der Waals surface area (Å²) in [6.07, 6.45) is 2.67. The number of carbonyl (C=O) groups excluding carboxylic acids is 4. The molecule has 2 N–H and O–H groups in total. The van der Waals surface area contributed by atoms with Gasteiger partial charge in [0.05, 0.1) is 18.2 Å². The third-order valence-corrected chi connectivity index (χ3v) is 4.98. The summed E-state index contributed by atoms with van der Waals surface area (Å²) in [4.78, 5) is 54.9. The maximum absolute atomic E-state index is 12.5.